The number of halogens is 5. The van der Waals surface area contributed by atoms with Crippen LogP contribution in [-0.4, -0.2) is 23.4 Å². The zero-order chi connectivity index (χ0) is 20.6. The summed E-state index contributed by atoms with van der Waals surface area (Å²) in [5.74, 6) is -3.40. The lowest BCUT2D eigenvalue weighted by Crippen LogP contribution is -2.47. The van der Waals surface area contributed by atoms with E-state index in [1.165, 1.54) is 24.3 Å². The van der Waals surface area contributed by atoms with Crippen molar-refractivity contribution in [2.24, 2.45) is 5.92 Å². The van der Waals surface area contributed by atoms with Crippen LogP contribution in [-0.2, 0) is 11.2 Å². The van der Waals surface area contributed by atoms with Gasteiger partial charge in [0, 0.05) is 12.1 Å². The van der Waals surface area contributed by atoms with Crippen LogP contribution >= 0.6 is 23.2 Å². The molecule has 0 amide bonds. The lowest BCUT2D eigenvalue weighted by Gasteiger charge is -2.32. The molecule has 1 aliphatic rings. The Balaban J connectivity index is 1.96. The topological polar surface area (TPSA) is 79.5 Å². The van der Waals surface area contributed by atoms with Crippen molar-refractivity contribution < 1.29 is 32.5 Å². The average molecular weight is 432 g/mol. The number of aliphatic carboxylic acids is 1. The SMILES string of the molecule is N#Cc1cc(Oc2cc3c(cc2Cl)CC(C(=O)O)C(C(F)(F)F)O3)ccc1Cl. The third-order valence-corrected chi connectivity index (χ3v) is 4.73. The van der Waals surface area contributed by atoms with Crippen molar-refractivity contribution in [2.45, 2.75) is 18.7 Å². The number of hydrogen-bond acceptors (Lipinski definition) is 4. The van der Waals surface area contributed by atoms with E-state index >= 15 is 0 Å². The van der Waals surface area contributed by atoms with Crippen LogP contribution in [0.15, 0.2) is 30.3 Å². The summed E-state index contributed by atoms with van der Waals surface area (Å²) in [6.07, 6.45) is -7.75. The average Bonchev–Trinajstić information content (AvgIpc) is 2.62. The van der Waals surface area contributed by atoms with E-state index in [-0.39, 0.29) is 38.4 Å². The van der Waals surface area contributed by atoms with Gasteiger partial charge in [0.1, 0.15) is 29.2 Å². The quantitative estimate of drug-likeness (QED) is 0.719. The van der Waals surface area contributed by atoms with Gasteiger partial charge in [-0.05, 0) is 30.2 Å². The van der Waals surface area contributed by atoms with Crippen LogP contribution in [0.3, 0.4) is 0 Å². The molecule has 1 heterocycles. The van der Waals surface area contributed by atoms with Crippen molar-refractivity contribution in [3.8, 4) is 23.3 Å². The lowest BCUT2D eigenvalue weighted by atomic mass is 9.90. The van der Waals surface area contributed by atoms with Gasteiger partial charge in [-0.3, -0.25) is 4.79 Å². The van der Waals surface area contributed by atoms with Crippen molar-refractivity contribution in [3.63, 3.8) is 0 Å². The van der Waals surface area contributed by atoms with Gasteiger partial charge in [0.15, 0.2) is 0 Å². The minimum atomic E-state index is -4.86. The van der Waals surface area contributed by atoms with Crippen LogP contribution in [0.1, 0.15) is 11.1 Å². The Morgan fingerprint density at radius 1 is 1.25 bits per heavy atom. The molecule has 3 rings (SSSR count). The molecule has 2 unspecified atom stereocenters. The fourth-order valence-electron chi connectivity index (χ4n) is 2.78. The van der Waals surface area contributed by atoms with Crippen molar-refractivity contribution in [3.05, 3.63) is 51.5 Å². The molecule has 2 atom stereocenters. The Morgan fingerprint density at radius 2 is 1.96 bits per heavy atom. The van der Waals surface area contributed by atoms with Crippen LogP contribution < -0.4 is 9.47 Å². The Hall–Kier alpha value is -2.63. The molecular weight excluding hydrogens is 422 g/mol. The molecule has 2 aromatic carbocycles. The Bertz CT molecular complexity index is 988. The van der Waals surface area contributed by atoms with Crippen molar-refractivity contribution in [2.75, 3.05) is 0 Å². The van der Waals surface area contributed by atoms with Crippen LogP contribution in [0.25, 0.3) is 0 Å². The van der Waals surface area contributed by atoms with Gasteiger partial charge in [-0.1, -0.05) is 23.2 Å². The van der Waals surface area contributed by atoms with Crippen LogP contribution in [0.5, 0.6) is 17.2 Å². The Labute approximate surface area is 166 Å². The molecule has 0 saturated heterocycles. The van der Waals surface area contributed by atoms with Gasteiger partial charge in [-0.25, -0.2) is 0 Å². The molecule has 1 N–H and O–H groups in total. The fraction of sp³-hybridized carbons (Fsp3) is 0.222. The monoisotopic (exact) mass is 431 g/mol. The van der Waals surface area contributed by atoms with Crippen molar-refractivity contribution in [1.29, 1.82) is 5.26 Å². The molecule has 10 heteroatoms. The van der Waals surface area contributed by atoms with E-state index in [0.717, 1.165) is 6.07 Å². The maximum atomic E-state index is 13.2. The molecule has 5 nitrogen and oxygen atoms in total. The second-order valence-electron chi connectivity index (χ2n) is 5.97. The first kappa shape index (κ1) is 20.1. The van der Waals surface area contributed by atoms with Crippen molar-refractivity contribution >= 4 is 29.2 Å². The van der Waals surface area contributed by atoms with E-state index in [1.54, 1.807) is 0 Å². The number of carbonyl (C=O) groups is 1. The van der Waals surface area contributed by atoms with Gasteiger partial charge in [0.25, 0.3) is 0 Å². The number of hydrogen-bond donors (Lipinski definition) is 1. The minimum Gasteiger partial charge on any atom is -0.481 e. The standard InChI is InChI=1S/C18H10Cl2F3NO4/c19-12-2-1-10(3-9(12)7-24)27-15-6-14-8(5-13(15)20)4-11(17(25)26)16(28-14)18(21,22)23/h1-3,5-6,11,16H,4H2,(H,25,26). The lowest BCUT2D eigenvalue weighted by molar-refractivity contribution is -0.217. The third kappa shape index (κ3) is 3.96. The highest BCUT2D eigenvalue weighted by Gasteiger charge is 2.52. The summed E-state index contributed by atoms with van der Waals surface area (Å²) in [5, 5.41) is 18.4. The van der Waals surface area contributed by atoms with E-state index in [0.29, 0.717) is 0 Å². The highest BCUT2D eigenvalue weighted by molar-refractivity contribution is 6.32. The second-order valence-corrected chi connectivity index (χ2v) is 6.79. The number of alkyl halides is 3. The number of rotatable bonds is 3. The molecule has 0 spiro atoms. The molecule has 0 radical (unpaired) electrons. The Morgan fingerprint density at radius 3 is 2.57 bits per heavy atom. The summed E-state index contributed by atoms with van der Waals surface area (Å²) >= 11 is 12.0. The predicted molar refractivity (Wildman–Crippen MR) is 93.0 cm³/mol. The largest absolute Gasteiger partial charge is 0.481 e. The minimum absolute atomic E-state index is 0.0127. The van der Waals surface area contributed by atoms with E-state index in [1.807, 2.05) is 6.07 Å². The van der Waals surface area contributed by atoms with E-state index in [9.17, 15) is 18.0 Å². The molecule has 2 aromatic rings. The third-order valence-electron chi connectivity index (χ3n) is 4.10. The first-order valence-corrected chi connectivity index (χ1v) is 8.52. The summed E-state index contributed by atoms with van der Waals surface area (Å²) in [6, 6.07) is 8.57. The van der Waals surface area contributed by atoms with Gasteiger partial charge in [-0.15, -0.1) is 0 Å². The molecule has 0 aromatic heterocycles. The number of carboxylic acids is 1. The van der Waals surface area contributed by atoms with E-state index in [4.69, 9.17) is 43.0 Å². The highest BCUT2D eigenvalue weighted by Crippen LogP contribution is 2.43. The molecule has 28 heavy (non-hydrogen) atoms. The summed E-state index contributed by atoms with van der Waals surface area (Å²) in [5.41, 5.74) is 0.366. The van der Waals surface area contributed by atoms with Crippen LogP contribution in [0, 0.1) is 17.2 Å². The molecule has 0 bridgehead atoms. The smallest absolute Gasteiger partial charge is 0.426 e. The summed E-state index contributed by atoms with van der Waals surface area (Å²) in [6.45, 7) is 0. The van der Waals surface area contributed by atoms with Gasteiger partial charge in [0.2, 0.25) is 6.10 Å². The molecule has 0 aliphatic carbocycles. The highest BCUT2D eigenvalue weighted by atomic mass is 35.5. The second kappa shape index (κ2) is 7.41. The number of fused-ring (bicyclic) bond motifs is 1. The molecule has 1 aliphatic heterocycles. The summed E-state index contributed by atoms with van der Waals surface area (Å²) < 4.78 is 50.1. The number of benzene rings is 2. The fourth-order valence-corrected chi connectivity index (χ4v) is 3.16. The molecule has 0 fully saturated rings. The number of carboxylic acid groups (broad SMARTS) is 1. The zero-order valence-electron chi connectivity index (χ0n) is 13.8. The van der Waals surface area contributed by atoms with Crippen molar-refractivity contribution in [1.82, 2.24) is 0 Å². The molecular formula is C18H10Cl2F3NO4. The molecule has 146 valence electrons. The van der Waals surface area contributed by atoms with Crippen LogP contribution in [0.4, 0.5) is 13.2 Å². The maximum Gasteiger partial charge on any atom is 0.426 e. The van der Waals surface area contributed by atoms with E-state index in [2.05, 4.69) is 0 Å². The summed E-state index contributed by atoms with van der Waals surface area (Å²) in [7, 11) is 0. The normalized spacial score (nSPS) is 18.6. The summed E-state index contributed by atoms with van der Waals surface area (Å²) in [4.78, 5) is 11.2. The first-order chi connectivity index (χ1) is 13.1. The molecule has 0 saturated carbocycles. The zero-order valence-corrected chi connectivity index (χ0v) is 15.3. The maximum absolute atomic E-state index is 13.2. The first-order valence-electron chi connectivity index (χ1n) is 7.76. The predicted octanol–water partition coefficient (Wildman–Crippen LogP) is 5.22. The van der Waals surface area contributed by atoms with Crippen LogP contribution in [0.2, 0.25) is 10.0 Å². The van der Waals surface area contributed by atoms with Gasteiger partial charge in [-0.2, -0.15) is 18.4 Å². The Kier molecular flexibility index (Phi) is 5.33. The number of nitriles is 1. The van der Waals surface area contributed by atoms with Gasteiger partial charge >= 0.3 is 12.1 Å². The van der Waals surface area contributed by atoms with Gasteiger partial charge in [0.05, 0.1) is 15.6 Å². The number of nitrogens with zero attached hydrogens (tertiary/aromatic N) is 1. The number of ether oxygens (including phenoxy) is 2. The van der Waals surface area contributed by atoms with E-state index < -0.39 is 30.6 Å². The van der Waals surface area contributed by atoms with Gasteiger partial charge < -0.3 is 14.6 Å².